The predicted molar refractivity (Wildman–Crippen MR) is 103 cm³/mol. The summed E-state index contributed by atoms with van der Waals surface area (Å²) in [5.41, 5.74) is 5.03. The van der Waals surface area contributed by atoms with Gasteiger partial charge in [0, 0.05) is 12.6 Å². The van der Waals surface area contributed by atoms with Crippen molar-refractivity contribution in [3.05, 3.63) is 54.6 Å². The lowest BCUT2D eigenvalue weighted by molar-refractivity contribution is 0.408. The highest BCUT2D eigenvalue weighted by molar-refractivity contribution is 5.87. The van der Waals surface area contributed by atoms with Crippen LogP contribution in [0.1, 0.15) is 26.6 Å². The van der Waals surface area contributed by atoms with Crippen LogP contribution in [0.5, 0.6) is 0 Å². The average molecular weight is 331 g/mol. The van der Waals surface area contributed by atoms with E-state index in [0.717, 1.165) is 33.6 Å². The molecule has 0 atom stereocenters. The molecule has 4 rings (SSSR count). The van der Waals surface area contributed by atoms with Gasteiger partial charge in [0.1, 0.15) is 0 Å². The Morgan fingerprint density at radius 1 is 1.00 bits per heavy atom. The Kier molecular flexibility index (Phi) is 3.46. The third-order valence-corrected chi connectivity index (χ3v) is 4.40. The molecule has 0 bridgehead atoms. The van der Waals surface area contributed by atoms with Gasteiger partial charge in [0.05, 0.1) is 40.3 Å². The smallest absolute Gasteiger partial charge is 0.152 e. The maximum absolute atomic E-state index is 4.62. The van der Waals surface area contributed by atoms with Crippen LogP contribution in [0.25, 0.3) is 22.1 Å². The molecular weight excluding hydrogens is 310 g/mol. The molecule has 4 aromatic rings. The van der Waals surface area contributed by atoms with E-state index in [-0.39, 0.29) is 5.54 Å². The molecule has 0 N–H and O–H groups in total. The number of hydrogen-bond acceptors (Lipinski definition) is 3. The van der Waals surface area contributed by atoms with E-state index in [1.807, 2.05) is 54.5 Å². The summed E-state index contributed by atoms with van der Waals surface area (Å²) in [6, 6.07) is 14.2. The molecule has 126 valence electrons. The molecule has 5 nitrogen and oxygen atoms in total. The summed E-state index contributed by atoms with van der Waals surface area (Å²) >= 11 is 0. The summed E-state index contributed by atoms with van der Waals surface area (Å²) in [6.45, 7) is 6.52. The van der Waals surface area contributed by atoms with Gasteiger partial charge in [-0.1, -0.05) is 12.1 Å². The molecule has 0 aliphatic rings. The Morgan fingerprint density at radius 3 is 2.56 bits per heavy atom. The van der Waals surface area contributed by atoms with Gasteiger partial charge in [0.15, 0.2) is 5.82 Å². The molecule has 0 saturated carbocycles. The van der Waals surface area contributed by atoms with E-state index in [4.69, 9.17) is 0 Å². The number of nitrogens with zero attached hydrogens (tertiary/aromatic N) is 5. The lowest BCUT2D eigenvalue weighted by atomic mass is 10.1. The van der Waals surface area contributed by atoms with Crippen LogP contribution in [0.4, 0.5) is 5.69 Å². The Bertz CT molecular complexity index is 1090. The van der Waals surface area contributed by atoms with Gasteiger partial charge in [-0.25, -0.2) is 9.97 Å². The maximum Gasteiger partial charge on any atom is 0.152 e. The van der Waals surface area contributed by atoms with Crippen LogP contribution in [0.2, 0.25) is 0 Å². The minimum atomic E-state index is 0.00655. The van der Waals surface area contributed by atoms with Crippen LogP contribution in [0.15, 0.2) is 53.8 Å². The molecule has 2 heterocycles. The summed E-state index contributed by atoms with van der Waals surface area (Å²) in [5.74, 6) is 0.835. The van der Waals surface area contributed by atoms with Crippen molar-refractivity contribution in [2.75, 3.05) is 0 Å². The van der Waals surface area contributed by atoms with Crippen molar-refractivity contribution in [2.45, 2.75) is 26.3 Å². The van der Waals surface area contributed by atoms with Crippen LogP contribution in [-0.2, 0) is 12.6 Å². The van der Waals surface area contributed by atoms with Crippen LogP contribution in [-0.4, -0.2) is 25.3 Å². The Hall–Kier alpha value is -2.95. The summed E-state index contributed by atoms with van der Waals surface area (Å²) in [7, 11) is 2.00. The van der Waals surface area contributed by atoms with E-state index in [2.05, 4.69) is 52.4 Å². The first-order valence-corrected chi connectivity index (χ1v) is 8.36. The SMILES string of the molecule is Cn1c(C=Nc2ccc3c(c2)ncn3C(C)(C)C)nc2ccccc21. The number of aliphatic imine (C=N–C) groups is 1. The zero-order valence-electron chi connectivity index (χ0n) is 14.9. The number of aromatic nitrogens is 4. The van der Waals surface area contributed by atoms with Crippen LogP contribution < -0.4 is 0 Å². The molecule has 0 fully saturated rings. The fourth-order valence-electron chi connectivity index (χ4n) is 3.03. The summed E-state index contributed by atoms with van der Waals surface area (Å²) in [6.07, 6.45) is 3.70. The number of rotatable bonds is 2. The maximum atomic E-state index is 4.62. The summed E-state index contributed by atoms with van der Waals surface area (Å²) < 4.78 is 4.23. The first kappa shape index (κ1) is 15.6. The highest BCUT2D eigenvalue weighted by atomic mass is 15.1. The monoisotopic (exact) mass is 331 g/mol. The fraction of sp³-hybridized carbons (Fsp3) is 0.250. The van der Waals surface area contributed by atoms with E-state index in [1.54, 1.807) is 0 Å². The van der Waals surface area contributed by atoms with E-state index in [0.29, 0.717) is 0 Å². The second-order valence-electron chi connectivity index (χ2n) is 7.23. The number of benzene rings is 2. The van der Waals surface area contributed by atoms with Crippen molar-refractivity contribution in [3.8, 4) is 0 Å². The zero-order chi connectivity index (χ0) is 17.6. The minimum Gasteiger partial charge on any atom is -0.326 e. The molecule has 0 amide bonds. The molecule has 5 heteroatoms. The number of hydrogen-bond donors (Lipinski definition) is 0. The van der Waals surface area contributed by atoms with Gasteiger partial charge in [-0.2, -0.15) is 0 Å². The Labute approximate surface area is 146 Å². The van der Waals surface area contributed by atoms with E-state index < -0.39 is 0 Å². The van der Waals surface area contributed by atoms with Gasteiger partial charge >= 0.3 is 0 Å². The summed E-state index contributed by atoms with van der Waals surface area (Å²) in [5, 5.41) is 0. The average Bonchev–Trinajstić information content (AvgIpc) is 3.14. The molecular formula is C20H21N5. The molecule has 2 aromatic carbocycles. The van der Waals surface area contributed by atoms with E-state index in [9.17, 15) is 0 Å². The third-order valence-electron chi connectivity index (χ3n) is 4.40. The molecule has 0 unspecified atom stereocenters. The van der Waals surface area contributed by atoms with Crippen LogP contribution in [0, 0.1) is 0 Å². The second kappa shape index (κ2) is 5.55. The number of fused-ring (bicyclic) bond motifs is 2. The topological polar surface area (TPSA) is 48.0 Å². The molecule has 0 spiro atoms. The molecule has 2 aromatic heterocycles. The largest absolute Gasteiger partial charge is 0.326 e. The standard InChI is InChI=1S/C20H21N5/c1-20(2,3)25-13-22-16-11-14(9-10-18(16)25)21-12-19-23-15-7-5-6-8-17(15)24(19)4/h5-13H,1-4H3. The van der Waals surface area contributed by atoms with E-state index in [1.165, 1.54) is 0 Å². The van der Waals surface area contributed by atoms with Crippen molar-refractivity contribution in [1.82, 2.24) is 19.1 Å². The first-order chi connectivity index (χ1) is 11.9. The van der Waals surface area contributed by atoms with Gasteiger partial charge in [-0.05, 0) is 51.1 Å². The van der Waals surface area contributed by atoms with Gasteiger partial charge in [-0.15, -0.1) is 0 Å². The lowest BCUT2D eigenvalue weighted by Crippen LogP contribution is -2.20. The Morgan fingerprint density at radius 2 is 1.80 bits per heavy atom. The van der Waals surface area contributed by atoms with Crippen molar-refractivity contribution in [3.63, 3.8) is 0 Å². The van der Waals surface area contributed by atoms with Gasteiger partial charge in [0.2, 0.25) is 0 Å². The number of imidazole rings is 2. The quantitative estimate of drug-likeness (QED) is 0.510. The highest BCUT2D eigenvalue weighted by Crippen LogP contribution is 2.25. The van der Waals surface area contributed by atoms with Gasteiger partial charge in [0.25, 0.3) is 0 Å². The van der Waals surface area contributed by atoms with Crippen molar-refractivity contribution in [1.29, 1.82) is 0 Å². The fourth-order valence-corrected chi connectivity index (χ4v) is 3.03. The molecule has 25 heavy (non-hydrogen) atoms. The van der Waals surface area contributed by atoms with Crippen LogP contribution >= 0.6 is 0 Å². The number of para-hydroxylation sites is 2. The van der Waals surface area contributed by atoms with Crippen molar-refractivity contribution >= 4 is 34.0 Å². The van der Waals surface area contributed by atoms with Gasteiger partial charge in [-0.3, -0.25) is 4.99 Å². The van der Waals surface area contributed by atoms with Gasteiger partial charge < -0.3 is 9.13 Å². The molecule has 0 radical (unpaired) electrons. The minimum absolute atomic E-state index is 0.00655. The zero-order valence-corrected chi connectivity index (χ0v) is 14.9. The third kappa shape index (κ3) is 2.71. The molecule has 0 aliphatic heterocycles. The normalized spacial score (nSPS) is 12.6. The Balaban J connectivity index is 1.70. The summed E-state index contributed by atoms with van der Waals surface area (Å²) in [4.78, 5) is 13.7. The predicted octanol–water partition coefficient (Wildman–Crippen LogP) is 4.43. The molecule has 0 aliphatic carbocycles. The first-order valence-electron chi connectivity index (χ1n) is 8.36. The van der Waals surface area contributed by atoms with E-state index >= 15 is 0 Å². The number of aryl methyl sites for hydroxylation is 1. The lowest BCUT2D eigenvalue weighted by Gasteiger charge is -2.21. The second-order valence-corrected chi connectivity index (χ2v) is 7.23. The van der Waals surface area contributed by atoms with Crippen molar-refractivity contribution < 1.29 is 0 Å². The van der Waals surface area contributed by atoms with Crippen molar-refractivity contribution in [2.24, 2.45) is 12.0 Å². The highest BCUT2D eigenvalue weighted by Gasteiger charge is 2.15. The van der Waals surface area contributed by atoms with Crippen LogP contribution in [0.3, 0.4) is 0 Å². The molecule has 0 saturated heterocycles.